The Balaban J connectivity index is 1.43. The van der Waals surface area contributed by atoms with Gasteiger partial charge in [0.2, 0.25) is 5.91 Å². The van der Waals surface area contributed by atoms with Gasteiger partial charge in [-0.25, -0.2) is 9.97 Å². The zero-order valence-electron chi connectivity index (χ0n) is 21.2. The van der Waals surface area contributed by atoms with E-state index in [1.807, 2.05) is 62.4 Å². The molecule has 5 rings (SSSR count). The molecule has 0 radical (unpaired) electrons. The number of hydrogen-bond acceptors (Lipinski definition) is 8. The van der Waals surface area contributed by atoms with Gasteiger partial charge >= 0.3 is 0 Å². The first kappa shape index (κ1) is 25.0. The molecule has 10 heteroatoms. The smallest absolute Gasteiger partial charge is 0.259 e. The molecular formula is C28H24N6O3S. The summed E-state index contributed by atoms with van der Waals surface area (Å²) in [6, 6.07) is 15.2. The molecule has 190 valence electrons. The van der Waals surface area contributed by atoms with Crippen LogP contribution in [0.4, 0.5) is 10.8 Å². The van der Waals surface area contributed by atoms with Crippen molar-refractivity contribution in [1.29, 1.82) is 0 Å². The van der Waals surface area contributed by atoms with Gasteiger partial charge in [0, 0.05) is 29.3 Å². The number of methoxy groups -OCH3 is 1. The van der Waals surface area contributed by atoms with Crippen molar-refractivity contribution in [3.63, 3.8) is 0 Å². The molecular weight excluding hydrogens is 500 g/mol. The number of aromatic nitrogens is 4. The molecule has 0 bridgehead atoms. The van der Waals surface area contributed by atoms with Gasteiger partial charge < -0.3 is 10.1 Å². The van der Waals surface area contributed by atoms with Crippen LogP contribution in [0.3, 0.4) is 0 Å². The number of hydrogen-bond donors (Lipinski definition) is 2. The van der Waals surface area contributed by atoms with Crippen molar-refractivity contribution in [3.05, 3.63) is 77.6 Å². The zero-order valence-corrected chi connectivity index (χ0v) is 22.0. The molecule has 0 aliphatic carbocycles. The van der Waals surface area contributed by atoms with Crippen LogP contribution >= 0.6 is 11.3 Å². The van der Waals surface area contributed by atoms with E-state index in [0.29, 0.717) is 32.4 Å². The molecule has 3 aromatic heterocycles. The Hall–Kier alpha value is -4.70. The Kier molecular flexibility index (Phi) is 6.80. The molecule has 2 aromatic carbocycles. The molecule has 2 amide bonds. The van der Waals surface area contributed by atoms with Crippen LogP contribution < -0.4 is 15.4 Å². The van der Waals surface area contributed by atoms with E-state index in [9.17, 15) is 9.59 Å². The molecule has 0 unspecified atom stereocenters. The highest BCUT2D eigenvalue weighted by Crippen LogP contribution is 2.33. The SMILES string of the molecule is COc1ccccc1-c1cnncc1C(=O)Nc1nc2ccc(-c3cc(C)c(NC(C)=O)c(C)c3)nc2s1. The Labute approximate surface area is 222 Å². The topological polar surface area (TPSA) is 119 Å². The summed E-state index contributed by atoms with van der Waals surface area (Å²) in [7, 11) is 1.58. The van der Waals surface area contributed by atoms with Gasteiger partial charge in [-0.15, -0.1) is 0 Å². The Morgan fingerprint density at radius 1 is 0.895 bits per heavy atom. The molecule has 0 spiro atoms. The van der Waals surface area contributed by atoms with Crippen LogP contribution in [0.5, 0.6) is 5.75 Å². The molecule has 0 aliphatic heterocycles. The van der Waals surface area contributed by atoms with Gasteiger partial charge in [0.25, 0.3) is 5.91 Å². The van der Waals surface area contributed by atoms with Gasteiger partial charge in [-0.3, -0.25) is 14.9 Å². The van der Waals surface area contributed by atoms with E-state index >= 15 is 0 Å². The first-order chi connectivity index (χ1) is 18.3. The fourth-order valence-corrected chi connectivity index (χ4v) is 5.10. The van der Waals surface area contributed by atoms with Gasteiger partial charge in [0.05, 0.1) is 30.8 Å². The van der Waals surface area contributed by atoms with E-state index in [0.717, 1.165) is 33.6 Å². The fourth-order valence-electron chi connectivity index (χ4n) is 4.26. The molecule has 5 aromatic rings. The summed E-state index contributed by atoms with van der Waals surface area (Å²) in [6.45, 7) is 5.40. The second-order valence-corrected chi connectivity index (χ2v) is 9.65. The zero-order chi connectivity index (χ0) is 26.8. The summed E-state index contributed by atoms with van der Waals surface area (Å²) in [5.74, 6) is 0.155. The van der Waals surface area contributed by atoms with Gasteiger partial charge in [0.15, 0.2) is 5.13 Å². The maximum atomic E-state index is 13.3. The molecule has 3 heterocycles. The standard InChI is InChI=1S/C28H24N6O3S/c1-15-11-18(12-16(2)25(15)31-17(3)35)22-9-10-23-27(32-22)38-28(33-23)34-26(36)21-14-30-29-13-20(21)19-7-5-6-8-24(19)37-4/h5-14H,1-4H3,(H,31,35)(H,33,34,36). The quantitative estimate of drug-likeness (QED) is 0.294. The third-order valence-electron chi connectivity index (χ3n) is 5.98. The number of thiazole rings is 1. The first-order valence-electron chi connectivity index (χ1n) is 11.8. The van der Waals surface area contributed by atoms with Crippen molar-refractivity contribution < 1.29 is 14.3 Å². The Morgan fingerprint density at radius 3 is 2.37 bits per heavy atom. The number of benzene rings is 2. The Bertz CT molecular complexity index is 1670. The van der Waals surface area contributed by atoms with Crippen molar-refractivity contribution >= 4 is 44.3 Å². The van der Waals surface area contributed by atoms with Crippen molar-refractivity contribution in [2.75, 3.05) is 17.7 Å². The number of aryl methyl sites for hydroxylation is 2. The summed E-state index contributed by atoms with van der Waals surface area (Å²) in [4.78, 5) is 34.8. The highest BCUT2D eigenvalue weighted by atomic mass is 32.1. The number of carbonyl (C=O) groups is 2. The van der Waals surface area contributed by atoms with Crippen LogP contribution in [0, 0.1) is 13.8 Å². The molecule has 0 aliphatic rings. The van der Waals surface area contributed by atoms with Crippen LogP contribution in [0.2, 0.25) is 0 Å². The predicted octanol–water partition coefficient (Wildman–Crippen LogP) is 5.65. The van der Waals surface area contributed by atoms with Gasteiger partial charge in [-0.2, -0.15) is 10.2 Å². The number of ether oxygens (including phenoxy) is 1. The van der Waals surface area contributed by atoms with Crippen LogP contribution in [0.15, 0.2) is 60.9 Å². The van der Waals surface area contributed by atoms with E-state index in [1.165, 1.54) is 24.5 Å². The van der Waals surface area contributed by atoms with Crippen LogP contribution in [0.1, 0.15) is 28.4 Å². The van der Waals surface area contributed by atoms with Gasteiger partial charge in [-0.05, 0) is 55.3 Å². The van der Waals surface area contributed by atoms with Gasteiger partial charge in [0.1, 0.15) is 16.1 Å². The lowest BCUT2D eigenvalue weighted by Crippen LogP contribution is -2.14. The number of anilines is 2. The Morgan fingerprint density at radius 2 is 1.63 bits per heavy atom. The third-order valence-corrected chi connectivity index (χ3v) is 6.86. The normalized spacial score (nSPS) is 10.8. The summed E-state index contributed by atoms with van der Waals surface area (Å²) >= 11 is 1.29. The molecule has 0 saturated carbocycles. The van der Waals surface area contributed by atoms with Crippen molar-refractivity contribution in [3.8, 4) is 28.1 Å². The maximum Gasteiger partial charge on any atom is 0.259 e. The summed E-state index contributed by atoms with van der Waals surface area (Å²) < 4.78 is 5.46. The highest BCUT2D eigenvalue weighted by molar-refractivity contribution is 7.22. The number of pyridine rings is 1. The molecule has 0 saturated heterocycles. The van der Waals surface area contributed by atoms with E-state index < -0.39 is 0 Å². The maximum absolute atomic E-state index is 13.3. The van der Waals surface area contributed by atoms with E-state index in [4.69, 9.17) is 9.72 Å². The highest BCUT2D eigenvalue weighted by Gasteiger charge is 2.19. The molecule has 9 nitrogen and oxygen atoms in total. The van der Waals surface area contributed by atoms with Crippen LogP contribution in [-0.2, 0) is 4.79 Å². The van der Waals surface area contributed by atoms with Crippen molar-refractivity contribution in [2.45, 2.75) is 20.8 Å². The number of rotatable bonds is 6. The number of nitrogens with zero attached hydrogens (tertiary/aromatic N) is 4. The fraction of sp³-hybridized carbons (Fsp3) is 0.143. The summed E-state index contributed by atoms with van der Waals surface area (Å²) in [5, 5.41) is 14.1. The predicted molar refractivity (Wildman–Crippen MR) is 149 cm³/mol. The summed E-state index contributed by atoms with van der Waals surface area (Å²) in [5.41, 5.74) is 6.78. The van der Waals surface area contributed by atoms with E-state index in [2.05, 4.69) is 25.8 Å². The van der Waals surface area contributed by atoms with E-state index in [1.54, 1.807) is 13.3 Å². The monoisotopic (exact) mass is 524 g/mol. The van der Waals surface area contributed by atoms with E-state index in [-0.39, 0.29) is 11.8 Å². The largest absolute Gasteiger partial charge is 0.496 e. The second kappa shape index (κ2) is 10.3. The minimum atomic E-state index is -0.361. The average molecular weight is 525 g/mol. The number of fused-ring (bicyclic) bond motifs is 1. The lowest BCUT2D eigenvalue weighted by molar-refractivity contribution is -0.114. The second-order valence-electron chi connectivity index (χ2n) is 8.68. The number of para-hydroxylation sites is 1. The summed E-state index contributed by atoms with van der Waals surface area (Å²) in [6.07, 6.45) is 2.97. The lowest BCUT2D eigenvalue weighted by Gasteiger charge is -2.12. The minimum absolute atomic E-state index is 0.111. The number of carbonyl (C=O) groups excluding carboxylic acids is 2. The molecule has 0 fully saturated rings. The third kappa shape index (κ3) is 4.94. The lowest BCUT2D eigenvalue weighted by atomic mass is 10.0. The van der Waals surface area contributed by atoms with Crippen molar-refractivity contribution in [2.24, 2.45) is 0 Å². The molecule has 0 atom stereocenters. The minimum Gasteiger partial charge on any atom is -0.496 e. The van der Waals surface area contributed by atoms with Crippen LogP contribution in [0.25, 0.3) is 32.7 Å². The molecule has 2 N–H and O–H groups in total. The number of amides is 2. The van der Waals surface area contributed by atoms with Crippen LogP contribution in [-0.4, -0.2) is 39.1 Å². The average Bonchev–Trinajstić information content (AvgIpc) is 3.32. The van der Waals surface area contributed by atoms with Gasteiger partial charge in [-0.1, -0.05) is 29.5 Å². The number of nitrogens with one attached hydrogen (secondary N) is 2. The first-order valence-corrected chi connectivity index (χ1v) is 12.6. The molecule has 38 heavy (non-hydrogen) atoms. The van der Waals surface area contributed by atoms with Crippen molar-refractivity contribution in [1.82, 2.24) is 20.2 Å².